The summed E-state index contributed by atoms with van der Waals surface area (Å²) in [5, 5.41) is 18.3. The van der Waals surface area contributed by atoms with E-state index < -0.39 is 0 Å². The van der Waals surface area contributed by atoms with Crippen molar-refractivity contribution < 1.29 is 14.6 Å². The van der Waals surface area contributed by atoms with Gasteiger partial charge in [0.2, 0.25) is 11.0 Å². The van der Waals surface area contributed by atoms with Crippen LogP contribution < -0.4 is 10.1 Å². The standard InChI is InChI=1S/C20H16N4O3S/c1-27-16-7-6-11(8-15(16)25)12-9-18(26)23-19-13(12)10-21-24(19)20-22-14-4-2-3-5-17(14)28-20/h2-8,10,12,25H,9H2,1H3,(H,23,26). The molecule has 7 nitrogen and oxygen atoms in total. The number of phenolic OH excluding ortho intramolecular Hbond substituents is 1. The molecule has 1 aliphatic rings. The molecule has 0 saturated carbocycles. The number of benzene rings is 2. The average molecular weight is 392 g/mol. The second-order valence-electron chi connectivity index (χ2n) is 6.56. The zero-order chi connectivity index (χ0) is 19.3. The summed E-state index contributed by atoms with van der Waals surface area (Å²) in [6.45, 7) is 0. The van der Waals surface area contributed by atoms with Crippen molar-refractivity contribution in [3.8, 4) is 16.6 Å². The second-order valence-corrected chi connectivity index (χ2v) is 7.57. The molecule has 2 aromatic heterocycles. The number of carbonyl (C=O) groups is 1. The summed E-state index contributed by atoms with van der Waals surface area (Å²) in [6, 6.07) is 13.1. The number of aromatic hydroxyl groups is 1. The van der Waals surface area contributed by atoms with Gasteiger partial charge in [0.05, 0.1) is 23.5 Å². The maximum absolute atomic E-state index is 12.4. The Kier molecular flexibility index (Phi) is 3.80. The number of carbonyl (C=O) groups excluding carboxylic acids is 1. The fraction of sp³-hybridized carbons (Fsp3) is 0.150. The predicted molar refractivity (Wildman–Crippen MR) is 106 cm³/mol. The van der Waals surface area contributed by atoms with Gasteiger partial charge in [0.25, 0.3) is 0 Å². The molecule has 1 unspecified atom stereocenters. The number of aromatic nitrogens is 3. The molecule has 2 N–H and O–H groups in total. The quantitative estimate of drug-likeness (QED) is 0.555. The van der Waals surface area contributed by atoms with Gasteiger partial charge in [-0.1, -0.05) is 29.5 Å². The van der Waals surface area contributed by atoms with E-state index in [1.165, 1.54) is 18.4 Å². The molecule has 0 spiro atoms. The molecule has 140 valence electrons. The number of methoxy groups -OCH3 is 1. The Bertz CT molecular complexity index is 1180. The Labute approximate surface area is 164 Å². The van der Waals surface area contributed by atoms with E-state index in [0.29, 0.717) is 16.7 Å². The Hall–Kier alpha value is -3.39. The summed E-state index contributed by atoms with van der Waals surface area (Å²) >= 11 is 1.51. The SMILES string of the molecule is COc1ccc(C2CC(=O)Nc3c2cnn3-c2nc3ccccc3s2)cc1O. The summed E-state index contributed by atoms with van der Waals surface area (Å²) in [7, 11) is 1.50. The summed E-state index contributed by atoms with van der Waals surface area (Å²) in [4.78, 5) is 17.0. The number of hydrogen-bond acceptors (Lipinski definition) is 6. The van der Waals surface area contributed by atoms with Crippen LogP contribution in [0.5, 0.6) is 11.5 Å². The molecule has 28 heavy (non-hydrogen) atoms. The van der Waals surface area contributed by atoms with Crippen LogP contribution in [0.15, 0.2) is 48.7 Å². The summed E-state index contributed by atoms with van der Waals surface area (Å²) in [5.74, 6) is 0.760. The summed E-state index contributed by atoms with van der Waals surface area (Å²) in [6.07, 6.45) is 2.04. The van der Waals surface area contributed by atoms with E-state index in [4.69, 9.17) is 4.74 Å². The number of thiazole rings is 1. The third-order valence-corrected chi connectivity index (χ3v) is 5.90. The highest BCUT2D eigenvalue weighted by Gasteiger charge is 2.31. The number of nitrogens with zero attached hydrogens (tertiary/aromatic N) is 3. The third-order valence-electron chi connectivity index (χ3n) is 4.89. The number of nitrogens with one attached hydrogen (secondary N) is 1. The van der Waals surface area contributed by atoms with Crippen LogP contribution in [0.3, 0.4) is 0 Å². The van der Waals surface area contributed by atoms with Gasteiger partial charge in [-0.2, -0.15) is 9.78 Å². The number of ether oxygens (including phenoxy) is 1. The minimum atomic E-state index is -0.205. The van der Waals surface area contributed by atoms with Crippen molar-refractivity contribution >= 4 is 33.3 Å². The molecule has 0 bridgehead atoms. The van der Waals surface area contributed by atoms with Crippen LogP contribution in [-0.2, 0) is 4.79 Å². The van der Waals surface area contributed by atoms with Gasteiger partial charge in [0.15, 0.2) is 11.5 Å². The Morgan fingerprint density at radius 1 is 1.29 bits per heavy atom. The zero-order valence-corrected chi connectivity index (χ0v) is 15.7. The predicted octanol–water partition coefficient (Wildman–Crippen LogP) is 3.67. The fourth-order valence-electron chi connectivity index (χ4n) is 3.54. The van der Waals surface area contributed by atoms with Crippen LogP contribution in [0.2, 0.25) is 0 Å². The molecule has 0 saturated heterocycles. The monoisotopic (exact) mass is 392 g/mol. The number of fused-ring (bicyclic) bond motifs is 2. The lowest BCUT2D eigenvalue weighted by molar-refractivity contribution is -0.116. The topological polar surface area (TPSA) is 89.3 Å². The van der Waals surface area contributed by atoms with Gasteiger partial charge in [-0.05, 0) is 29.8 Å². The molecule has 5 rings (SSSR count). The van der Waals surface area contributed by atoms with Crippen molar-refractivity contribution in [2.75, 3.05) is 12.4 Å². The van der Waals surface area contributed by atoms with E-state index in [1.54, 1.807) is 23.0 Å². The van der Waals surface area contributed by atoms with E-state index in [2.05, 4.69) is 15.4 Å². The van der Waals surface area contributed by atoms with Crippen molar-refractivity contribution in [2.45, 2.75) is 12.3 Å². The maximum atomic E-state index is 12.4. The zero-order valence-electron chi connectivity index (χ0n) is 14.9. The van der Waals surface area contributed by atoms with Gasteiger partial charge in [0.1, 0.15) is 5.82 Å². The number of para-hydroxylation sites is 1. The second kappa shape index (κ2) is 6.35. The first-order chi connectivity index (χ1) is 13.6. The number of hydrogen-bond donors (Lipinski definition) is 2. The van der Waals surface area contributed by atoms with Crippen molar-refractivity contribution in [1.82, 2.24) is 14.8 Å². The van der Waals surface area contributed by atoms with Crippen molar-refractivity contribution in [1.29, 1.82) is 0 Å². The van der Waals surface area contributed by atoms with Gasteiger partial charge >= 0.3 is 0 Å². The van der Waals surface area contributed by atoms with Gasteiger partial charge in [-0.3, -0.25) is 4.79 Å². The molecule has 1 atom stereocenters. The first-order valence-electron chi connectivity index (χ1n) is 8.74. The van der Waals surface area contributed by atoms with Crippen molar-refractivity contribution in [3.63, 3.8) is 0 Å². The molecular weight excluding hydrogens is 376 g/mol. The first-order valence-corrected chi connectivity index (χ1v) is 9.56. The molecule has 3 heterocycles. The molecule has 0 aliphatic carbocycles. The minimum absolute atomic E-state index is 0.0473. The lowest BCUT2D eigenvalue weighted by atomic mass is 9.87. The summed E-state index contributed by atoms with van der Waals surface area (Å²) < 4.78 is 7.85. The third kappa shape index (κ3) is 2.61. The number of rotatable bonds is 3. The smallest absolute Gasteiger partial charge is 0.226 e. The lowest BCUT2D eigenvalue weighted by Crippen LogP contribution is -2.24. The average Bonchev–Trinajstić information content (AvgIpc) is 3.30. The molecule has 1 amide bonds. The Balaban J connectivity index is 1.60. The first kappa shape index (κ1) is 16.8. The highest BCUT2D eigenvalue weighted by Crippen LogP contribution is 2.41. The molecule has 0 fully saturated rings. The van der Waals surface area contributed by atoms with E-state index in [0.717, 1.165) is 21.3 Å². The largest absolute Gasteiger partial charge is 0.504 e. The van der Waals surface area contributed by atoms with E-state index >= 15 is 0 Å². The molecule has 8 heteroatoms. The molecule has 0 radical (unpaired) electrons. The van der Waals surface area contributed by atoms with Crippen molar-refractivity contribution in [2.24, 2.45) is 0 Å². The Morgan fingerprint density at radius 3 is 2.93 bits per heavy atom. The normalized spacial score (nSPS) is 16.0. The van der Waals surface area contributed by atoms with Crippen LogP contribution in [0, 0.1) is 0 Å². The molecule has 4 aromatic rings. The molecule has 2 aromatic carbocycles. The van der Waals surface area contributed by atoms with Gasteiger partial charge in [0, 0.05) is 17.9 Å². The number of anilines is 1. The van der Waals surface area contributed by atoms with Crippen LogP contribution in [0.1, 0.15) is 23.5 Å². The maximum Gasteiger partial charge on any atom is 0.226 e. The van der Waals surface area contributed by atoms with Crippen LogP contribution in [0.25, 0.3) is 15.3 Å². The van der Waals surface area contributed by atoms with Crippen LogP contribution in [0.4, 0.5) is 5.82 Å². The fourth-order valence-corrected chi connectivity index (χ4v) is 4.47. The minimum Gasteiger partial charge on any atom is -0.504 e. The van der Waals surface area contributed by atoms with E-state index in [-0.39, 0.29) is 24.0 Å². The van der Waals surface area contributed by atoms with Crippen LogP contribution in [-0.4, -0.2) is 32.9 Å². The van der Waals surface area contributed by atoms with Crippen molar-refractivity contribution in [3.05, 3.63) is 59.8 Å². The highest BCUT2D eigenvalue weighted by molar-refractivity contribution is 7.20. The Morgan fingerprint density at radius 2 is 2.14 bits per heavy atom. The summed E-state index contributed by atoms with van der Waals surface area (Å²) in [5.41, 5.74) is 2.62. The highest BCUT2D eigenvalue weighted by atomic mass is 32.1. The molecule has 1 aliphatic heterocycles. The molecular formula is C20H16N4O3S. The van der Waals surface area contributed by atoms with Gasteiger partial charge < -0.3 is 15.2 Å². The van der Waals surface area contributed by atoms with E-state index in [9.17, 15) is 9.90 Å². The van der Waals surface area contributed by atoms with Crippen LogP contribution >= 0.6 is 11.3 Å². The van der Waals surface area contributed by atoms with E-state index in [1.807, 2.05) is 30.3 Å². The number of amides is 1. The number of phenols is 1. The lowest BCUT2D eigenvalue weighted by Gasteiger charge is -2.23. The van der Waals surface area contributed by atoms with Gasteiger partial charge in [-0.25, -0.2) is 4.98 Å². The van der Waals surface area contributed by atoms with Gasteiger partial charge in [-0.15, -0.1) is 0 Å².